The average Bonchev–Trinajstić information content (AvgIpc) is 2.95. The highest BCUT2D eigenvalue weighted by Gasteiger charge is 2.11. The first-order valence-corrected chi connectivity index (χ1v) is 7.41. The van der Waals surface area contributed by atoms with Gasteiger partial charge in [-0.15, -0.1) is 0 Å². The fraction of sp³-hybridized carbons (Fsp3) is 0.333. The second kappa shape index (κ2) is 5.68. The van der Waals surface area contributed by atoms with Crippen LogP contribution in [0.15, 0.2) is 42.5 Å². The fourth-order valence-electron chi connectivity index (χ4n) is 2.77. The van der Waals surface area contributed by atoms with Crippen molar-refractivity contribution in [3.63, 3.8) is 0 Å². The van der Waals surface area contributed by atoms with Crippen LogP contribution >= 0.6 is 0 Å². The number of benzene rings is 2. The molecule has 0 spiro atoms. The van der Waals surface area contributed by atoms with Crippen LogP contribution in [0.1, 0.15) is 42.5 Å². The third-order valence-corrected chi connectivity index (χ3v) is 4.05. The molecular weight excluding hydrogens is 246 g/mol. The molecule has 0 fully saturated rings. The van der Waals surface area contributed by atoms with Gasteiger partial charge in [0.1, 0.15) is 11.5 Å². The molecule has 0 radical (unpaired) electrons. The van der Waals surface area contributed by atoms with E-state index in [1.54, 1.807) is 0 Å². The fourth-order valence-corrected chi connectivity index (χ4v) is 2.77. The Kier molecular flexibility index (Phi) is 3.75. The van der Waals surface area contributed by atoms with Gasteiger partial charge in [-0.1, -0.05) is 25.1 Å². The van der Waals surface area contributed by atoms with Crippen molar-refractivity contribution in [1.29, 1.82) is 0 Å². The van der Waals surface area contributed by atoms with Crippen LogP contribution in [0.4, 0.5) is 0 Å². The van der Waals surface area contributed by atoms with Gasteiger partial charge in [-0.2, -0.15) is 0 Å². The summed E-state index contributed by atoms with van der Waals surface area (Å²) in [4.78, 5) is 0. The van der Waals surface area contributed by atoms with Crippen molar-refractivity contribution < 1.29 is 4.74 Å². The molecule has 0 aliphatic heterocycles. The minimum absolute atomic E-state index is 0.115. The van der Waals surface area contributed by atoms with Crippen molar-refractivity contribution in [1.82, 2.24) is 0 Å². The van der Waals surface area contributed by atoms with E-state index in [0.717, 1.165) is 23.5 Å². The zero-order valence-electron chi connectivity index (χ0n) is 11.9. The van der Waals surface area contributed by atoms with Gasteiger partial charge in [-0.3, -0.25) is 0 Å². The molecule has 2 heteroatoms. The van der Waals surface area contributed by atoms with Crippen molar-refractivity contribution in [3.8, 4) is 11.5 Å². The van der Waals surface area contributed by atoms with Crippen molar-refractivity contribution >= 4 is 0 Å². The normalized spacial score (nSPS) is 14.9. The predicted molar refractivity (Wildman–Crippen MR) is 82.2 cm³/mol. The number of aryl methyl sites for hydroxylation is 2. The van der Waals surface area contributed by atoms with Gasteiger partial charge in [0.25, 0.3) is 0 Å². The maximum absolute atomic E-state index is 6.02. The van der Waals surface area contributed by atoms with E-state index in [0.29, 0.717) is 0 Å². The molecular formula is C18H21NO. The van der Waals surface area contributed by atoms with E-state index in [9.17, 15) is 0 Å². The van der Waals surface area contributed by atoms with Crippen LogP contribution < -0.4 is 10.5 Å². The van der Waals surface area contributed by atoms with Crippen LogP contribution in [-0.4, -0.2) is 0 Å². The molecule has 0 unspecified atom stereocenters. The van der Waals surface area contributed by atoms with Gasteiger partial charge in [0.05, 0.1) is 0 Å². The number of hydrogen-bond acceptors (Lipinski definition) is 2. The molecule has 0 bridgehead atoms. The van der Waals surface area contributed by atoms with Crippen molar-refractivity contribution in [3.05, 3.63) is 59.2 Å². The minimum atomic E-state index is 0.115. The van der Waals surface area contributed by atoms with E-state index in [4.69, 9.17) is 10.5 Å². The highest BCUT2D eigenvalue weighted by atomic mass is 16.5. The lowest BCUT2D eigenvalue weighted by molar-refractivity contribution is 0.481. The van der Waals surface area contributed by atoms with Crippen LogP contribution in [0.5, 0.6) is 11.5 Å². The monoisotopic (exact) mass is 267 g/mol. The highest BCUT2D eigenvalue weighted by Crippen LogP contribution is 2.29. The van der Waals surface area contributed by atoms with Crippen LogP contribution in [0.25, 0.3) is 0 Å². The van der Waals surface area contributed by atoms with Crippen molar-refractivity contribution in [2.75, 3.05) is 0 Å². The van der Waals surface area contributed by atoms with Crippen LogP contribution in [0.3, 0.4) is 0 Å². The number of rotatable bonds is 4. The van der Waals surface area contributed by atoms with Gasteiger partial charge in [0.2, 0.25) is 0 Å². The van der Waals surface area contributed by atoms with E-state index in [1.807, 2.05) is 12.1 Å². The first-order valence-electron chi connectivity index (χ1n) is 7.41. The molecule has 104 valence electrons. The van der Waals surface area contributed by atoms with E-state index < -0.39 is 0 Å². The molecule has 0 amide bonds. The zero-order chi connectivity index (χ0) is 13.9. The topological polar surface area (TPSA) is 35.2 Å². The summed E-state index contributed by atoms with van der Waals surface area (Å²) in [6.45, 7) is 2.10. The Morgan fingerprint density at radius 1 is 1.00 bits per heavy atom. The van der Waals surface area contributed by atoms with Crippen molar-refractivity contribution in [2.24, 2.45) is 5.73 Å². The Bertz CT molecular complexity index is 589. The standard InChI is InChI=1S/C18H21NO/c1-2-18(19)14-7-9-16(10-8-14)20-17-11-6-13-4-3-5-15(13)12-17/h6-12,18H,2-5,19H2,1H3/t18-/m1/s1. The van der Waals surface area contributed by atoms with Gasteiger partial charge in [-0.25, -0.2) is 0 Å². The molecule has 0 aromatic heterocycles. The lowest BCUT2D eigenvalue weighted by atomic mass is 10.1. The van der Waals surface area contributed by atoms with Gasteiger partial charge in [0.15, 0.2) is 0 Å². The second-order valence-corrected chi connectivity index (χ2v) is 5.47. The number of ether oxygens (including phenoxy) is 1. The molecule has 0 saturated carbocycles. The Morgan fingerprint density at radius 2 is 1.70 bits per heavy atom. The molecule has 2 N–H and O–H groups in total. The smallest absolute Gasteiger partial charge is 0.127 e. The molecule has 2 nitrogen and oxygen atoms in total. The summed E-state index contributed by atoms with van der Waals surface area (Å²) in [5, 5.41) is 0. The van der Waals surface area contributed by atoms with Crippen LogP contribution in [0, 0.1) is 0 Å². The minimum Gasteiger partial charge on any atom is -0.457 e. The van der Waals surface area contributed by atoms with Gasteiger partial charge in [-0.05, 0) is 66.6 Å². The molecule has 0 heterocycles. The van der Waals surface area contributed by atoms with Gasteiger partial charge in [0, 0.05) is 6.04 Å². The summed E-state index contributed by atoms with van der Waals surface area (Å²) in [6.07, 6.45) is 4.60. The van der Waals surface area contributed by atoms with E-state index >= 15 is 0 Å². The molecule has 3 rings (SSSR count). The Labute approximate surface area is 120 Å². The summed E-state index contributed by atoms with van der Waals surface area (Å²) >= 11 is 0. The first-order chi connectivity index (χ1) is 9.76. The molecule has 2 aromatic carbocycles. The summed E-state index contributed by atoms with van der Waals surface area (Å²) < 4.78 is 5.93. The largest absolute Gasteiger partial charge is 0.457 e. The molecule has 2 aromatic rings. The van der Waals surface area contributed by atoms with E-state index in [-0.39, 0.29) is 6.04 Å². The maximum atomic E-state index is 6.02. The van der Waals surface area contributed by atoms with Gasteiger partial charge < -0.3 is 10.5 Å². The molecule has 0 saturated heterocycles. The summed E-state index contributed by atoms with van der Waals surface area (Å²) in [6, 6.07) is 14.6. The van der Waals surface area contributed by atoms with E-state index in [1.165, 1.54) is 30.4 Å². The van der Waals surface area contributed by atoms with Crippen LogP contribution in [-0.2, 0) is 12.8 Å². The third kappa shape index (κ3) is 2.70. The number of nitrogens with two attached hydrogens (primary N) is 1. The lowest BCUT2D eigenvalue weighted by Crippen LogP contribution is -2.07. The molecule has 20 heavy (non-hydrogen) atoms. The number of hydrogen-bond donors (Lipinski definition) is 1. The highest BCUT2D eigenvalue weighted by molar-refractivity contribution is 5.41. The summed E-state index contributed by atoms with van der Waals surface area (Å²) in [5.41, 5.74) is 10.1. The predicted octanol–water partition coefficient (Wildman–Crippen LogP) is 4.38. The summed E-state index contributed by atoms with van der Waals surface area (Å²) in [5.74, 6) is 1.80. The number of fused-ring (bicyclic) bond motifs is 1. The molecule has 1 atom stereocenters. The third-order valence-electron chi connectivity index (χ3n) is 4.05. The average molecular weight is 267 g/mol. The Balaban J connectivity index is 1.74. The van der Waals surface area contributed by atoms with E-state index in [2.05, 4.69) is 37.3 Å². The second-order valence-electron chi connectivity index (χ2n) is 5.47. The quantitative estimate of drug-likeness (QED) is 0.892. The summed E-state index contributed by atoms with van der Waals surface area (Å²) in [7, 11) is 0. The SMILES string of the molecule is CC[C@@H](N)c1ccc(Oc2ccc3c(c2)CCC3)cc1. The van der Waals surface area contributed by atoms with Crippen molar-refractivity contribution in [2.45, 2.75) is 38.6 Å². The molecule has 1 aliphatic rings. The van der Waals surface area contributed by atoms with Crippen LogP contribution in [0.2, 0.25) is 0 Å². The lowest BCUT2D eigenvalue weighted by Gasteiger charge is -2.11. The Morgan fingerprint density at radius 3 is 2.45 bits per heavy atom. The molecule has 1 aliphatic carbocycles. The zero-order valence-corrected chi connectivity index (χ0v) is 11.9. The Hall–Kier alpha value is -1.80. The van der Waals surface area contributed by atoms with Gasteiger partial charge >= 0.3 is 0 Å². The first kappa shape index (κ1) is 13.2. The maximum Gasteiger partial charge on any atom is 0.127 e.